The summed E-state index contributed by atoms with van der Waals surface area (Å²) in [7, 11) is 0. The van der Waals surface area contributed by atoms with Crippen molar-refractivity contribution < 1.29 is 15.7 Å². The van der Waals surface area contributed by atoms with Crippen LogP contribution >= 0.6 is 11.6 Å². The number of nitrogens with zero attached hydrogens (tertiary/aromatic N) is 2. The average molecular weight is 460 g/mol. The van der Waals surface area contributed by atoms with Crippen molar-refractivity contribution in [2.75, 3.05) is 32.7 Å². The maximum atomic E-state index is 12.6. The molecule has 3 atom stereocenters. The number of allylic oxidation sites excluding steroid dienone is 4. The Morgan fingerprint density at radius 1 is 1.23 bits per heavy atom. The standard InChI is InChI=1S/C23H38ClN3O.CH4.2H2O/c1-17(2)21(25-22(28)27-12-5-6-13-27)15-26-14-11-20(23(3,4)16-26)18-7-9-19(24)10-8-18;;;/h7-9,17,19-21H,5-6,10-16H2,1-4H3,(H,25,28);1H4;2*1H2/t19?,20?,21-;;;/m0.../s1. The van der Waals surface area contributed by atoms with Crippen LogP contribution in [0.5, 0.6) is 0 Å². The molecule has 0 spiro atoms. The van der Waals surface area contributed by atoms with Gasteiger partial charge in [-0.05, 0) is 55.1 Å². The first-order chi connectivity index (χ1) is 13.3. The highest BCUT2D eigenvalue weighted by atomic mass is 35.5. The Labute approximate surface area is 194 Å². The summed E-state index contributed by atoms with van der Waals surface area (Å²) in [6.45, 7) is 14.1. The van der Waals surface area contributed by atoms with Gasteiger partial charge in [0.25, 0.3) is 0 Å². The lowest BCUT2D eigenvalue weighted by Crippen LogP contribution is -2.54. The predicted molar refractivity (Wildman–Crippen MR) is 132 cm³/mol. The number of likely N-dealkylation sites (tertiary alicyclic amines) is 2. The number of amides is 2. The van der Waals surface area contributed by atoms with Crippen molar-refractivity contribution in [1.82, 2.24) is 15.1 Å². The molecule has 31 heavy (non-hydrogen) atoms. The lowest BCUT2D eigenvalue weighted by atomic mass is 9.69. The van der Waals surface area contributed by atoms with Crippen molar-refractivity contribution in [3.05, 3.63) is 23.8 Å². The van der Waals surface area contributed by atoms with Gasteiger partial charge in [-0.25, -0.2) is 4.79 Å². The number of piperidine rings is 1. The highest BCUT2D eigenvalue weighted by Gasteiger charge is 2.38. The number of rotatable bonds is 5. The fourth-order valence-corrected chi connectivity index (χ4v) is 5.14. The molecule has 2 saturated heterocycles. The summed E-state index contributed by atoms with van der Waals surface area (Å²) in [4.78, 5) is 17.1. The minimum atomic E-state index is 0. The molecule has 1 aliphatic carbocycles. The van der Waals surface area contributed by atoms with Crippen LogP contribution in [0.3, 0.4) is 0 Å². The van der Waals surface area contributed by atoms with E-state index in [0.717, 1.165) is 52.0 Å². The van der Waals surface area contributed by atoms with Gasteiger partial charge in [-0.15, -0.1) is 11.6 Å². The van der Waals surface area contributed by atoms with Crippen LogP contribution < -0.4 is 5.32 Å². The molecule has 0 radical (unpaired) electrons. The van der Waals surface area contributed by atoms with Crippen LogP contribution in [0.1, 0.15) is 60.8 Å². The molecule has 0 aromatic heterocycles. The lowest BCUT2D eigenvalue weighted by molar-refractivity contribution is 0.0636. The summed E-state index contributed by atoms with van der Waals surface area (Å²) < 4.78 is 0. The summed E-state index contributed by atoms with van der Waals surface area (Å²) in [5, 5.41) is 3.47. The van der Waals surface area contributed by atoms with Crippen LogP contribution in [0.2, 0.25) is 0 Å². The van der Waals surface area contributed by atoms with Crippen LogP contribution in [-0.2, 0) is 0 Å². The van der Waals surface area contributed by atoms with Gasteiger partial charge in [0.2, 0.25) is 0 Å². The Balaban J connectivity index is 0.00000300. The van der Waals surface area contributed by atoms with Crippen LogP contribution in [0.25, 0.3) is 0 Å². The van der Waals surface area contributed by atoms with Gasteiger partial charge >= 0.3 is 6.03 Å². The lowest BCUT2D eigenvalue weighted by Gasteiger charge is -2.46. The number of alkyl halides is 1. The molecule has 182 valence electrons. The molecule has 0 aromatic rings. The van der Waals surface area contributed by atoms with Gasteiger partial charge in [0.05, 0.1) is 5.38 Å². The molecular weight excluding hydrogens is 414 g/mol. The monoisotopic (exact) mass is 459 g/mol. The van der Waals surface area contributed by atoms with Crippen molar-refractivity contribution in [3.63, 3.8) is 0 Å². The molecule has 0 saturated carbocycles. The molecule has 0 bridgehead atoms. The summed E-state index contributed by atoms with van der Waals surface area (Å²) in [6, 6.07) is 0.324. The molecule has 2 amide bonds. The molecule has 0 aromatic carbocycles. The number of nitrogens with one attached hydrogen (secondary N) is 1. The highest BCUT2D eigenvalue weighted by Crippen LogP contribution is 2.41. The Kier molecular flexibility index (Phi) is 12.4. The van der Waals surface area contributed by atoms with E-state index in [2.05, 4.69) is 56.1 Å². The Bertz CT molecular complexity index is 615. The third kappa shape index (κ3) is 7.77. The second kappa shape index (κ2) is 12.8. The maximum absolute atomic E-state index is 12.6. The largest absolute Gasteiger partial charge is 0.412 e. The summed E-state index contributed by atoms with van der Waals surface area (Å²) in [5.74, 6) is 1.01. The number of carbonyl (C=O) groups excluding carboxylic acids is 1. The first kappa shape index (κ1) is 29.9. The van der Waals surface area contributed by atoms with E-state index in [1.807, 2.05) is 4.90 Å². The zero-order valence-electron chi connectivity index (χ0n) is 19.1. The molecule has 5 N–H and O–H groups in total. The number of halogens is 1. The Morgan fingerprint density at radius 3 is 2.39 bits per heavy atom. The zero-order valence-corrected chi connectivity index (χ0v) is 19.8. The Morgan fingerprint density at radius 2 is 1.87 bits per heavy atom. The van der Waals surface area contributed by atoms with Gasteiger partial charge in [0.15, 0.2) is 0 Å². The van der Waals surface area contributed by atoms with E-state index in [-0.39, 0.29) is 41.2 Å². The number of urea groups is 1. The molecule has 6 nitrogen and oxygen atoms in total. The van der Waals surface area contributed by atoms with Crippen LogP contribution in [0.4, 0.5) is 4.79 Å². The number of carbonyl (C=O) groups is 1. The van der Waals surface area contributed by atoms with E-state index in [1.54, 1.807) is 0 Å². The molecule has 7 heteroatoms. The van der Waals surface area contributed by atoms with Crippen molar-refractivity contribution in [2.45, 2.75) is 72.2 Å². The van der Waals surface area contributed by atoms with E-state index >= 15 is 0 Å². The summed E-state index contributed by atoms with van der Waals surface area (Å²) >= 11 is 6.21. The van der Waals surface area contributed by atoms with Gasteiger partial charge < -0.3 is 26.1 Å². The summed E-state index contributed by atoms with van der Waals surface area (Å²) in [6.07, 6.45) is 11.1. The quantitative estimate of drug-likeness (QED) is 0.634. The van der Waals surface area contributed by atoms with Crippen LogP contribution in [0, 0.1) is 17.3 Å². The van der Waals surface area contributed by atoms with Gasteiger partial charge in [-0.1, -0.05) is 53.3 Å². The van der Waals surface area contributed by atoms with E-state index in [9.17, 15) is 4.79 Å². The zero-order chi connectivity index (χ0) is 20.3. The van der Waals surface area contributed by atoms with Crippen molar-refractivity contribution in [3.8, 4) is 0 Å². The molecule has 2 heterocycles. The first-order valence-electron chi connectivity index (χ1n) is 11.1. The van der Waals surface area contributed by atoms with E-state index < -0.39 is 0 Å². The average Bonchev–Trinajstić information content (AvgIpc) is 3.16. The third-order valence-corrected chi connectivity index (χ3v) is 7.07. The molecule has 2 unspecified atom stereocenters. The molecule has 2 fully saturated rings. The van der Waals surface area contributed by atoms with Crippen LogP contribution in [-0.4, -0.2) is 70.9 Å². The molecule has 2 aliphatic heterocycles. The maximum Gasteiger partial charge on any atom is 0.317 e. The third-order valence-electron chi connectivity index (χ3n) is 6.75. The van der Waals surface area contributed by atoms with Crippen LogP contribution in [0.15, 0.2) is 23.8 Å². The second-order valence-electron chi connectivity index (χ2n) is 9.87. The van der Waals surface area contributed by atoms with Gasteiger partial charge in [0, 0.05) is 32.2 Å². The highest BCUT2D eigenvalue weighted by molar-refractivity contribution is 6.22. The van der Waals surface area contributed by atoms with Gasteiger partial charge in [-0.2, -0.15) is 0 Å². The fraction of sp³-hybridized carbons (Fsp3) is 0.792. The molecular formula is C24H46ClN3O3. The van der Waals surface area contributed by atoms with Crippen molar-refractivity contribution in [1.29, 1.82) is 0 Å². The second-order valence-corrected chi connectivity index (χ2v) is 10.4. The SMILES string of the molecule is C.CC(C)[C@H](CN1CCC(C2=CCC(Cl)C=C2)C(C)(C)C1)NC(=O)N1CCCC1.O.O. The summed E-state index contributed by atoms with van der Waals surface area (Å²) in [5.41, 5.74) is 1.68. The van der Waals surface area contributed by atoms with E-state index in [0.29, 0.717) is 11.8 Å². The smallest absolute Gasteiger partial charge is 0.317 e. The normalized spacial score (nSPS) is 26.3. The molecule has 3 aliphatic rings. The Hall–Kier alpha value is -1.08. The minimum absolute atomic E-state index is 0. The fourth-order valence-electron chi connectivity index (χ4n) is 4.98. The van der Waals surface area contributed by atoms with E-state index in [4.69, 9.17) is 11.6 Å². The van der Waals surface area contributed by atoms with Crippen molar-refractivity contribution >= 4 is 17.6 Å². The van der Waals surface area contributed by atoms with E-state index in [1.165, 1.54) is 12.0 Å². The van der Waals surface area contributed by atoms with Gasteiger partial charge in [0.1, 0.15) is 0 Å². The first-order valence-corrected chi connectivity index (χ1v) is 11.5. The number of hydrogen-bond acceptors (Lipinski definition) is 2. The predicted octanol–water partition coefficient (Wildman–Crippen LogP) is 3.64. The molecule has 3 rings (SSSR count). The van der Waals surface area contributed by atoms with Gasteiger partial charge in [-0.3, -0.25) is 0 Å². The topological polar surface area (TPSA) is 98.6 Å². The van der Waals surface area contributed by atoms with Crippen molar-refractivity contribution in [2.24, 2.45) is 17.3 Å². The number of hydrogen-bond donors (Lipinski definition) is 1. The minimum Gasteiger partial charge on any atom is -0.412 e.